The number of nitriles is 1. The van der Waals surface area contributed by atoms with E-state index in [1.807, 2.05) is 6.07 Å². The van der Waals surface area contributed by atoms with Gasteiger partial charge in [0, 0.05) is 6.07 Å². The number of fused-ring (bicyclic) bond motifs is 1. The fourth-order valence-electron chi connectivity index (χ4n) is 2.23. The molecule has 104 valence electrons. The van der Waals surface area contributed by atoms with E-state index in [0.29, 0.717) is 23.1 Å². The predicted molar refractivity (Wildman–Crippen MR) is 79.4 cm³/mol. The van der Waals surface area contributed by atoms with Gasteiger partial charge < -0.3 is 10.3 Å². The average Bonchev–Trinajstić information content (AvgIpc) is 2.76. The van der Waals surface area contributed by atoms with E-state index in [0.717, 1.165) is 5.56 Å². The Bertz CT molecular complexity index is 879. The molecule has 0 radical (unpaired) electrons. The fraction of sp³-hybridized carbons (Fsp3) is 0.0667. The third-order valence-corrected chi connectivity index (χ3v) is 3.51. The summed E-state index contributed by atoms with van der Waals surface area (Å²) in [5.41, 5.74) is 8.44. The number of hydrogen-bond donors (Lipinski definition) is 1. The van der Waals surface area contributed by atoms with Crippen molar-refractivity contribution in [2.24, 2.45) is 0 Å². The number of imidazole rings is 1. The monoisotopic (exact) mass is 300 g/mol. The Kier molecular flexibility index (Phi) is 3.24. The minimum atomic E-state index is -0.518. The number of hydrogen-bond acceptors (Lipinski definition) is 3. The lowest BCUT2D eigenvalue weighted by Crippen LogP contribution is -2.04. The smallest absolute Gasteiger partial charge is 0.201 e. The molecule has 2 N–H and O–H groups in total. The molecular weight excluding hydrogens is 291 g/mol. The molecule has 0 saturated carbocycles. The van der Waals surface area contributed by atoms with Crippen molar-refractivity contribution in [2.75, 3.05) is 5.73 Å². The van der Waals surface area contributed by atoms with E-state index in [1.54, 1.807) is 22.8 Å². The Labute approximate surface area is 125 Å². The second-order valence-corrected chi connectivity index (χ2v) is 5.03. The Hall–Kier alpha value is -2.58. The maximum Gasteiger partial charge on any atom is 0.201 e. The van der Waals surface area contributed by atoms with Gasteiger partial charge in [0.2, 0.25) is 5.95 Å². The van der Waals surface area contributed by atoms with Crippen molar-refractivity contribution >= 4 is 28.6 Å². The average molecular weight is 301 g/mol. The SMILES string of the molecule is N#Cc1cccc(Cn2c(N)nc3cc(Cl)c(F)cc32)c1. The predicted octanol–water partition coefficient (Wildman–Crippen LogP) is 3.33. The van der Waals surface area contributed by atoms with Crippen molar-refractivity contribution < 1.29 is 4.39 Å². The number of aromatic nitrogens is 2. The first-order valence-electron chi connectivity index (χ1n) is 6.18. The lowest BCUT2D eigenvalue weighted by atomic mass is 10.1. The molecule has 0 aliphatic heterocycles. The van der Waals surface area contributed by atoms with Crippen LogP contribution >= 0.6 is 11.6 Å². The van der Waals surface area contributed by atoms with E-state index in [4.69, 9.17) is 22.6 Å². The largest absolute Gasteiger partial charge is 0.369 e. The summed E-state index contributed by atoms with van der Waals surface area (Å²) in [6.07, 6.45) is 0. The van der Waals surface area contributed by atoms with Crippen LogP contribution in [0.25, 0.3) is 11.0 Å². The highest BCUT2D eigenvalue weighted by Gasteiger charge is 2.12. The summed E-state index contributed by atoms with van der Waals surface area (Å²) in [4.78, 5) is 4.18. The van der Waals surface area contributed by atoms with Crippen LogP contribution in [0.1, 0.15) is 11.1 Å². The van der Waals surface area contributed by atoms with Crippen molar-refractivity contribution in [3.05, 3.63) is 58.4 Å². The highest BCUT2D eigenvalue weighted by atomic mass is 35.5. The van der Waals surface area contributed by atoms with Crippen molar-refractivity contribution in [3.8, 4) is 6.07 Å². The Balaban J connectivity index is 2.10. The van der Waals surface area contributed by atoms with Gasteiger partial charge in [-0.2, -0.15) is 5.26 Å². The normalized spacial score (nSPS) is 10.7. The second-order valence-electron chi connectivity index (χ2n) is 4.62. The highest BCUT2D eigenvalue weighted by molar-refractivity contribution is 6.31. The lowest BCUT2D eigenvalue weighted by molar-refractivity contribution is 0.629. The third kappa shape index (κ3) is 2.41. The molecule has 4 nitrogen and oxygen atoms in total. The van der Waals surface area contributed by atoms with Gasteiger partial charge in [0.1, 0.15) is 5.82 Å². The van der Waals surface area contributed by atoms with Crippen molar-refractivity contribution in [3.63, 3.8) is 0 Å². The molecule has 0 bridgehead atoms. The zero-order valence-electron chi connectivity index (χ0n) is 10.8. The van der Waals surface area contributed by atoms with Gasteiger partial charge >= 0.3 is 0 Å². The van der Waals surface area contributed by atoms with Crippen molar-refractivity contribution in [1.29, 1.82) is 5.26 Å². The Morgan fingerprint density at radius 3 is 2.90 bits per heavy atom. The summed E-state index contributed by atoms with van der Waals surface area (Å²) in [6.45, 7) is 0.402. The van der Waals surface area contributed by atoms with Crippen molar-refractivity contribution in [1.82, 2.24) is 9.55 Å². The van der Waals surface area contributed by atoms with Crippen LogP contribution in [0.4, 0.5) is 10.3 Å². The summed E-state index contributed by atoms with van der Waals surface area (Å²) in [7, 11) is 0. The van der Waals surface area contributed by atoms with Crippen LogP contribution in [0.3, 0.4) is 0 Å². The molecule has 1 aromatic heterocycles. The first kappa shape index (κ1) is 13.4. The van der Waals surface area contributed by atoms with Gasteiger partial charge in [-0.3, -0.25) is 0 Å². The number of benzene rings is 2. The van der Waals surface area contributed by atoms with E-state index in [2.05, 4.69) is 11.1 Å². The van der Waals surface area contributed by atoms with Gasteiger partial charge in [-0.05, 0) is 23.8 Å². The van der Waals surface area contributed by atoms with Gasteiger partial charge in [0.05, 0.1) is 34.2 Å². The zero-order chi connectivity index (χ0) is 15.0. The van der Waals surface area contributed by atoms with Crippen LogP contribution in [0.5, 0.6) is 0 Å². The van der Waals surface area contributed by atoms with Gasteiger partial charge in [-0.15, -0.1) is 0 Å². The number of nitrogen functional groups attached to an aromatic ring is 1. The molecule has 21 heavy (non-hydrogen) atoms. The molecule has 0 spiro atoms. The molecule has 3 rings (SSSR count). The van der Waals surface area contributed by atoms with Gasteiger partial charge in [-0.1, -0.05) is 23.7 Å². The summed E-state index contributed by atoms with van der Waals surface area (Å²) in [5.74, 6) is -0.245. The zero-order valence-corrected chi connectivity index (χ0v) is 11.6. The van der Waals surface area contributed by atoms with Crippen LogP contribution in [-0.2, 0) is 6.54 Å². The molecule has 3 aromatic rings. The molecule has 2 aromatic carbocycles. The molecule has 0 aliphatic rings. The summed E-state index contributed by atoms with van der Waals surface area (Å²) < 4.78 is 15.3. The minimum absolute atomic E-state index is 0.0126. The summed E-state index contributed by atoms with van der Waals surface area (Å²) in [5, 5.41) is 8.94. The fourth-order valence-corrected chi connectivity index (χ4v) is 2.38. The number of anilines is 1. The molecule has 0 fully saturated rings. The molecule has 0 aliphatic carbocycles. The summed E-state index contributed by atoms with van der Waals surface area (Å²) in [6, 6.07) is 12.0. The molecule has 6 heteroatoms. The topological polar surface area (TPSA) is 67.6 Å². The first-order valence-corrected chi connectivity index (χ1v) is 6.56. The number of rotatable bonds is 2. The molecule has 0 unspecified atom stereocenters. The maximum absolute atomic E-state index is 13.6. The molecular formula is C15H10ClFN4. The number of nitrogens with zero attached hydrogens (tertiary/aromatic N) is 3. The standard InChI is InChI=1S/C15H10ClFN4/c16-11-5-13-14(6-12(11)17)21(15(19)20-13)8-10-3-1-2-9(4-10)7-18/h1-6H,8H2,(H2,19,20). The van der Waals surface area contributed by atoms with Gasteiger partial charge in [0.15, 0.2) is 0 Å². The quantitative estimate of drug-likeness (QED) is 0.789. The highest BCUT2D eigenvalue weighted by Crippen LogP contribution is 2.25. The minimum Gasteiger partial charge on any atom is -0.369 e. The van der Waals surface area contributed by atoms with Crippen LogP contribution < -0.4 is 5.73 Å². The molecule has 0 amide bonds. The molecule has 1 heterocycles. The van der Waals surface area contributed by atoms with Gasteiger partial charge in [-0.25, -0.2) is 9.37 Å². The second kappa shape index (κ2) is 5.08. The Morgan fingerprint density at radius 1 is 1.33 bits per heavy atom. The molecule has 0 saturated heterocycles. The van der Waals surface area contributed by atoms with E-state index >= 15 is 0 Å². The van der Waals surface area contributed by atoms with Gasteiger partial charge in [0.25, 0.3) is 0 Å². The molecule has 0 atom stereocenters. The van der Waals surface area contributed by atoms with E-state index < -0.39 is 5.82 Å². The van der Waals surface area contributed by atoms with Crippen molar-refractivity contribution in [2.45, 2.75) is 6.54 Å². The Morgan fingerprint density at radius 2 is 2.14 bits per heavy atom. The first-order chi connectivity index (χ1) is 10.1. The van der Waals surface area contributed by atoms with E-state index in [1.165, 1.54) is 12.1 Å². The number of halogens is 2. The van der Waals surface area contributed by atoms with Crippen LogP contribution in [0.15, 0.2) is 36.4 Å². The van der Waals surface area contributed by atoms with E-state index in [9.17, 15) is 4.39 Å². The maximum atomic E-state index is 13.6. The lowest BCUT2D eigenvalue weighted by Gasteiger charge is -2.07. The summed E-state index contributed by atoms with van der Waals surface area (Å²) >= 11 is 5.75. The number of nitrogens with two attached hydrogens (primary N) is 1. The third-order valence-electron chi connectivity index (χ3n) is 3.22. The van der Waals surface area contributed by atoms with E-state index in [-0.39, 0.29) is 11.0 Å². The van der Waals surface area contributed by atoms with Crippen LogP contribution in [0.2, 0.25) is 5.02 Å². The van der Waals surface area contributed by atoms with Crippen LogP contribution in [-0.4, -0.2) is 9.55 Å². The van der Waals surface area contributed by atoms with Crippen LogP contribution in [0, 0.1) is 17.1 Å².